The molecule has 0 aliphatic carbocycles. The summed E-state index contributed by atoms with van der Waals surface area (Å²) < 4.78 is 0. The Balaban J connectivity index is 1.57. The van der Waals surface area contributed by atoms with Crippen LogP contribution in [-0.2, 0) is 6.42 Å². The Morgan fingerprint density at radius 3 is 2.46 bits per heavy atom. The summed E-state index contributed by atoms with van der Waals surface area (Å²) in [6, 6.07) is 0. The van der Waals surface area contributed by atoms with Crippen molar-refractivity contribution in [3.05, 3.63) is 23.8 Å². The molecular weight excluding hydrogens is 300 g/mol. The minimum Gasteiger partial charge on any atom is -0.337 e. The van der Waals surface area contributed by atoms with E-state index in [2.05, 4.69) is 21.9 Å². The van der Waals surface area contributed by atoms with Crippen molar-refractivity contribution in [2.45, 2.75) is 51.4 Å². The molecule has 2 aliphatic heterocycles. The fourth-order valence-corrected chi connectivity index (χ4v) is 3.92. The van der Waals surface area contributed by atoms with Crippen LogP contribution in [0.3, 0.4) is 0 Å². The third-order valence-corrected chi connectivity index (χ3v) is 5.29. The molecular formula is C19H30N4O. The molecule has 0 saturated carbocycles. The summed E-state index contributed by atoms with van der Waals surface area (Å²) in [7, 11) is 2.18. The van der Waals surface area contributed by atoms with Gasteiger partial charge in [0.15, 0.2) is 0 Å². The van der Waals surface area contributed by atoms with E-state index >= 15 is 0 Å². The van der Waals surface area contributed by atoms with Crippen molar-refractivity contribution in [3.63, 3.8) is 0 Å². The van der Waals surface area contributed by atoms with E-state index in [4.69, 9.17) is 0 Å². The van der Waals surface area contributed by atoms with Crippen molar-refractivity contribution in [1.82, 2.24) is 19.8 Å². The van der Waals surface area contributed by atoms with Gasteiger partial charge in [-0.2, -0.15) is 0 Å². The van der Waals surface area contributed by atoms with E-state index in [1.807, 2.05) is 11.1 Å². The maximum atomic E-state index is 12.6. The van der Waals surface area contributed by atoms with Gasteiger partial charge in [-0.1, -0.05) is 19.3 Å². The van der Waals surface area contributed by atoms with Gasteiger partial charge in [0.2, 0.25) is 0 Å². The number of carbonyl (C=O) groups is 1. The molecule has 0 radical (unpaired) electrons. The summed E-state index contributed by atoms with van der Waals surface area (Å²) in [6.45, 7) is 4.05. The smallest absolute Gasteiger partial charge is 0.274 e. The standard InChI is InChI=1S/C19H30N4O/c1-22-9-7-8-16(15-22)12-17-13-21-18(14-20-17)19(24)23-10-5-3-2-4-6-11-23/h13-14,16H,2-12,15H2,1H3/t16-/m1/s1. The fourth-order valence-electron chi connectivity index (χ4n) is 3.92. The molecule has 1 atom stereocenters. The summed E-state index contributed by atoms with van der Waals surface area (Å²) in [5.74, 6) is 0.710. The van der Waals surface area contributed by atoms with E-state index in [-0.39, 0.29) is 5.91 Å². The largest absolute Gasteiger partial charge is 0.337 e. The molecule has 132 valence electrons. The van der Waals surface area contributed by atoms with Gasteiger partial charge in [0.25, 0.3) is 5.91 Å². The normalized spacial score (nSPS) is 23.5. The van der Waals surface area contributed by atoms with Crippen LogP contribution in [0, 0.1) is 5.92 Å². The van der Waals surface area contributed by atoms with E-state index in [1.54, 1.807) is 6.20 Å². The Labute approximate surface area is 145 Å². The Kier molecular flexibility index (Phi) is 6.18. The second kappa shape index (κ2) is 8.56. The molecule has 0 bridgehead atoms. The lowest BCUT2D eigenvalue weighted by molar-refractivity contribution is 0.0736. The molecule has 0 spiro atoms. The van der Waals surface area contributed by atoms with Crippen molar-refractivity contribution in [3.8, 4) is 0 Å². The molecule has 0 unspecified atom stereocenters. The summed E-state index contributed by atoms with van der Waals surface area (Å²) in [4.78, 5) is 25.9. The highest BCUT2D eigenvalue weighted by atomic mass is 16.2. The van der Waals surface area contributed by atoms with Crippen LogP contribution in [0.25, 0.3) is 0 Å². The Bertz CT molecular complexity index is 523. The Morgan fingerprint density at radius 2 is 1.79 bits per heavy atom. The van der Waals surface area contributed by atoms with Crippen molar-refractivity contribution in [2.24, 2.45) is 5.92 Å². The highest BCUT2D eigenvalue weighted by Crippen LogP contribution is 2.19. The molecule has 1 aromatic rings. The molecule has 1 amide bonds. The van der Waals surface area contributed by atoms with Crippen LogP contribution in [0.1, 0.15) is 61.1 Å². The number of carbonyl (C=O) groups excluding carboxylic acids is 1. The minimum atomic E-state index is 0.0494. The zero-order chi connectivity index (χ0) is 16.8. The maximum Gasteiger partial charge on any atom is 0.274 e. The van der Waals surface area contributed by atoms with Gasteiger partial charge in [0.1, 0.15) is 5.69 Å². The number of rotatable bonds is 3. The predicted molar refractivity (Wildman–Crippen MR) is 94.9 cm³/mol. The monoisotopic (exact) mass is 330 g/mol. The number of hydrogen-bond donors (Lipinski definition) is 0. The maximum absolute atomic E-state index is 12.6. The molecule has 2 aliphatic rings. The lowest BCUT2D eigenvalue weighted by Crippen LogP contribution is -2.34. The molecule has 3 rings (SSSR count). The summed E-state index contributed by atoms with van der Waals surface area (Å²) in [6.07, 6.45) is 12.9. The van der Waals surface area contributed by atoms with Crippen molar-refractivity contribution in [1.29, 1.82) is 0 Å². The lowest BCUT2D eigenvalue weighted by atomic mass is 9.94. The van der Waals surface area contributed by atoms with Crippen molar-refractivity contribution < 1.29 is 4.79 Å². The number of aromatic nitrogens is 2. The summed E-state index contributed by atoms with van der Waals surface area (Å²) in [5, 5.41) is 0. The molecule has 2 saturated heterocycles. The molecule has 0 N–H and O–H groups in total. The van der Waals surface area contributed by atoms with Gasteiger partial charge in [0.05, 0.1) is 11.9 Å². The molecule has 0 aromatic carbocycles. The van der Waals surface area contributed by atoms with Gasteiger partial charge in [-0.15, -0.1) is 0 Å². The molecule has 1 aromatic heterocycles. The number of nitrogens with zero attached hydrogens (tertiary/aromatic N) is 4. The third kappa shape index (κ3) is 4.76. The van der Waals surface area contributed by atoms with Crippen LogP contribution < -0.4 is 0 Å². The zero-order valence-corrected chi connectivity index (χ0v) is 14.9. The molecule has 5 nitrogen and oxygen atoms in total. The van der Waals surface area contributed by atoms with Gasteiger partial charge in [-0.25, -0.2) is 4.98 Å². The highest BCUT2D eigenvalue weighted by molar-refractivity contribution is 5.91. The predicted octanol–water partition coefficient (Wildman–Crippen LogP) is 2.77. The van der Waals surface area contributed by atoms with Crippen LogP contribution in [0.15, 0.2) is 12.4 Å². The quantitative estimate of drug-likeness (QED) is 0.855. The fraction of sp³-hybridized carbons (Fsp3) is 0.737. The third-order valence-electron chi connectivity index (χ3n) is 5.29. The van der Waals surface area contributed by atoms with Crippen LogP contribution in [0.2, 0.25) is 0 Å². The van der Waals surface area contributed by atoms with E-state index in [1.165, 1.54) is 38.6 Å². The van der Waals surface area contributed by atoms with Crippen molar-refractivity contribution in [2.75, 3.05) is 33.2 Å². The zero-order valence-electron chi connectivity index (χ0n) is 14.9. The van der Waals surface area contributed by atoms with Gasteiger partial charge in [0, 0.05) is 25.8 Å². The number of hydrogen-bond acceptors (Lipinski definition) is 4. The number of likely N-dealkylation sites (tertiary alicyclic amines) is 2. The average molecular weight is 330 g/mol. The first-order valence-corrected chi connectivity index (χ1v) is 9.51. The van der Waals surface area contributed by atoms with Gasteiger partial charge < -0.3 is 9.80 Å². The molecule has 24 heavy (non-hydrogen) atoms. The van der Waals surface area contributed by atoms with E-state index < -0.39 is 0 Å². The second-order valence-electron chi connectivity index (χ2n) is 7.43. The molecule has 2 fully saturated rings. The average Bonchev–Trinajstić information content (AvgIpc) is 2.55. The lowest BCUT2D eigenvalue weighted by Gasteiger charge is -2.29. The first kappa shape index (κ1) is 17.3. The first-order chi connectivity index (χ1) is 11.7. The minimum absolute atomic E-state index is 0.0494. The summed E-state index contributed by atoms with van der Waals surface area (Å²) in [5.41, 5.74) is 1.51. The van der Waals surface area contributed by atoms with Gasteiger partial charge in [-0.3, -0.25) is 9.78 Å². The number of amides is 1. The summed E-state index contributed by atoms with van der Waals surface area (Å²) >= 11 is 0. The second-order valence-corrected chi connectivity index (χ2v) is 7.43. The molecule has 5 heteroatoms. The highest BCUT2D eigenvalue weighted by Gasteiger charge is 2.20. The van der Waals surface area contributed by atoms with E-state index in [0.717, 1.165) is 44.6 Å². The van der Waals surface area contributed by atoms with E-state index in [9.17, 15) is 4.79 Å². The van der Waals surface area contributed by atoms with Gasteiger partial charge in [-0.05, 0) is 51.6 Å². The first-order valence-electron chi connectivity index (χ1n) is 9.51. The van der Waals surface area contributed by atoms with Crippen LogP contribution in [0.4, 0.5) is 0 Å². The Hall–Kier alpha value is -1.49. The van der Waals surface area contributed by atoms with E-state index in [0.29, 0.717) is 11.6 Å². The van der Waals surface area contributed by atoms with Gasteiger partial charge >= 0.3 is 0 Å². The Morgan fingerprint density at radius 1 is 1.04 bits per heavy atom. The van der Waals surface area contributed by atoms with Crippen LogP contribution in [0.5, 0.6) is 0 Å². The number of piperidine rings is 1. The van der Waals surface area contributed by atoms with Crippen molar-refractivity contribution >= 4 is 5.91 Å². The molecule has 3 heterocycles. The van der Waals surface area contributed by atoms with Crippen LogP contribution >= 0.6 is 0 Å². The SMILES string of the molecule is CN1CCC[C@H](Cc2cnc(C(=O)N3CCCCCCC3)cn2)C1. The topological polar surface area (TPSA) is 49.3 Å². The van der Waals surface area contributed by atoms with Crippen LogP contribution in [-0.4, -0.2) is 58.9 Å².